The Hall–Kier alpha value is -0.160. The molecule has 0 spiro atoms. The fraction of sp³-hybridized carbons (Fsp3) is 1.00. The number of methoxy groups -OCH3 is 2. The minimum Gasteiger partial charge on any atom is -0.383 e. The van der Waals surface area contributed by atoms with E-state index in [4.69, 9.17) is 15.2 Å². The summed E-state index contributed by atoms with van der Waals surface area (Å²) in [5.74, 6) is 0. The van der Waals surface area contributed by atoms with Gasteiger partial charge in [0.15, 0.2) is 0 Å². The molecular weight excluding hydrogens is 192 g/mol. The van der Waals surface area contributed by atoms with Gasteiger partial charge in [-0.05, 0) is 26.8 Å². The summed E-state index contributed by atoms with van der Waals surface area (Å²) in [6.07, 6.45) is 2.44. The Morgan fingerprint density at radius 1 is 1.47 bits per heavy atom. The summed E-state index contributed by atoms with van der Waals surface area (Å²) in [6, 6.07) is 0.399. The summed E-state index contributed by atoms with van der Waals surface area (Å²) in [5.41, 5.74) is 6.01. The second-order valence-corrected chi connectivity index (χ2v) is 4.61. The molecule has 0 amide bonds. The Balaban J connectivity index is 2.52. The zero-order valence-corrected chi connectivity index (χ0v) is 10.3. The Morgan fingerprint density at radius 3 is 2.47 bits per heavy atom. The van der Waals surface area contributed by atoms with E-state index >= 15 is 0 Å². The van der Waals surface area contributed by atoms with Crippen molar-refractivity contribution < 1.29 is 9.47 Å². The predicted octanol–water partition coefficient (Wildman–Crippen LogP) is 0.459. The third-order valence-electron chi connectivity index (χ3n) is 3.75. The zero-order chi connectivity index (χ0) is 11.5. The van der Waals surface area contributed by atoms with E-state index in [9.17, 15) is 0 Å². The van der Waals surface area contributed by atoms with Crippen molar-refractivity contribution in [2.75, 3.05) is 34.4 Å². The number of rotatable bonds is 6. The molecule has 0 radical (unpaired) electrons. The van der Waals surface area contributed by atoms with Crippen LogP contribution in [0.2, 0.25) is 0 Å². The molecule has 0 aromatic heterocycles. The maximum Gasteiger partial charge on any atom is 0.0615 e. The summed E-state index contributed by atoms with van der Waals surface area (Å²) in [6.45, 7) is 3.61. The van der Waals surface area contributed by atoms with Crippen LogP contribution in [-0.2, 0) is 9.47 Å². The predicted molar refractivity (Wildman–Crippen MR) is 60.9 cm³/mol. The van der Waals surface area contributed by atoms with Crippen LogP contribution in [0, 0.1) is 0 Å². The summed E-state index contributed by atoms with van der Waals surface area (Å²) in [4.78, 5) is 2.34. The molecule has 1 unspecified atom stereocenters. The largest absolute Gasteiger partial charge is 0.383 e. The average molecular weight is 216 g/mol. The molecule has 0 aromatic carbocycles. The van der Waals surface area contributed by atoms with Gasteiger partial charge in [-0.15, -0.1) is 0 Å². The molecular formula is C11H24N2O2. The lowest BCUT2D eigenvalue weighted by atomic mass is 9.72. The molecule has 0 aromatic rings. The first kappa shape index (κ1) is 12.9. The fourth-order valence-corrected chi connectivity index (χ4v) is 2.37. The third-order valence-corrected chi connectivity index (χ3v) is 3.75. The standard InChI is InChI=1S/C11H24N2O2/c1-9(7-14-3)13(2)11(8-12)5-10(6-11)15-4/h9-10H,5-8,12H2,1-4H3. The molecule has 0 heterocycles. The lowest BCUT2D eigenvalue weighted by molar-refractivity contribution is -0.0966. The van der Waals surface area contributed by atoms with Crippen molar-refractivity contribution in [3.05, 3.63) is 0 Å². The highest BCUT2D eigenvalue weighted by Gasteiger charge is 2.47. The van der Waals surface area contributed by atoms with E-state index in [2.05, 4.69) is 18.9 Å². The first-order chi connectivity index (χ1) is 7.09. The van der Waals surface area contributed by atoms with Gasteiger partial charge in [-0.3, -0.25) is 4.90 Å². The topological polar surface area (TPSA) is 47.7 Å². The van der Waals surface area contributed by atoms with Crippen LogP contribution in [0.25, 0.3) is 0 Å². The first-order valence-corrected chi connectivity index (χ1v) is 5.54. The second-order valence-electron chi connectivity index (χ2n) is 4.61. The lowest BCUT2D eigenvalue weighted by Gasteiger charge is -2.53. The van der Waals surface area contributed by atoms with Crippen molar-refractivity contribution in [3.8, 4) is 0 Å². The molecule has 4 nitrogen and oxygen atoms in total. The highest BCUT2D eigenvalue weighted by molar-refractivity contribution is 5.04. The maximum absolute atomic E-state index is 5.88. The molecule has 4 heteroatoms. The van der Waals surface area contributed by atoms with Crippen LogP contribution in [0.15, 0.2) is 0 Å². The summed E-state index contributed by atoms with van der Waals surface area (Å²) in [7, 11) is 5.63. The van der Waals surface area contributed by atoms with Gasteiger partial charge >= 0.3 is 0 Å². The quantitative estimate of drug-likeness (QED) is 0.701. The Morgan fingerprint density at radius 2 is 2.07 bits per heavy atom. The van der Waals surface area contributed by atoms with Gasteiger partial charge in [0.05, 0.1) is 12.7 Å². The van der Waals surface area contributed by atoms with E-state index in [0.717, 1.165) is 19.4 Å². The van der Waals surface area contributed by atoms with Crippen LogP contribution < -0.4 is 5.73 Å². The van der Waals surface area contributed by atoms with Gasteiger partial charge in [0, 0.05) is 32.3 Å². The molecule has 1 saturated carbocycles. The van der Waals surface area contributed by atoms with E-state index in [1.54, 1.807) is 14.2 Å². The number of ether oxygens (including phenoxy) is 2. The van der Waals surface area contributed by atoms with Gasteiger partial charge in [0.25, 0.3) is 0 Å². The van der Waals surface area contributed by atoms with Crippen LogP contribution in [0.4, 0.5) is 0 Å². The minimum atomic E-state index is 0.124. The minimum absolute atomic E-state index is 0.124. The summed E-state index contributed by atoms with van der Waals surface area (Å²) in [5, 5.41) is 0. The van der Waals surface area contributed by atoms with Crippen LogP contribution in [0.5, 0.6) is 0 Å². The van der Waals surface area contributed by atoms with Crippen molar-refractivity contribution in [1.29, 1.82) is 0 Å². The summed E-state index contributed by atoms with van der Waals surface area (Å²) < 4.78 is 10.5. The average Bonchev–Trinajstić information content (AvgIpc) is 2.17. The number of nitrogens with zero attached hydrogens (tertiary/aromatic N) is 1. The number of likely N-dealkylation sites (N-methyl/N-ethyl adjacent to an activating group) is 1. The Kier molecular flexibility index (Phi) is 4.52. The molecule has 1 fully saturated rings. The number of hydrogen-bond acceptors (Lipinski definition) is 4. The molecule has 1 aliphatic carbocycles. The van der Waals surface area contributed by atoms with Crippen molar-refractivity contribution >= 4 is 0 Å². The Bertz CT molecular complexity index is 193. The molecule has 1 atom stereocenters. The van der Waals surface area contributed by atoms with E-state index < -0.39 is 0 Å². The number of hydrogen-bond donors (Lipinski definition) is 1. The molecule has 0 saturated heterocycles. The smallest absolute Gasteiger partial charge is 0.0615 e. The third kappa shape index (κ3) is 2.50. The number of nitrogens with two attached hydrogens (primary N) is 1. The highest BCUT2D eigenvalue weighted by atomic mass is 16.5. The molecule has 0 bridgehead atoms. The molecule has 2 N–H and O–H groups in total. The van der Waals surface area contributed by atoms with E-state index in [1.807, 2.05) is 0 Å². The Labute approximate surface area is 92.7 Å². The molecule has 15 heavy (non-hydrogen) atoms. The van der Waals surface area contributed by atoms with E-state index in [0.29, 0.717) is 18.7 Å². The zero-order valence-electron chi connectivity index (χ0n) is 10.3. The van der Waals surface area contributed by atoms with Gasteiger partial charge in [0.2, 0.25) is 0 Å². The van der Waals surface area contributed by atoms with Gasteiger partial charge in [-0.1, -0.05) is 0 Å². The van der Waals surface area contributed by atoms with Gasteiger partial charge in [-0.2, -0.15) is 0 Å². The second kappa shape index (κ2) is 5.25. The summed E-state index contributed by atoms with van der Waals surface area (Å²) >= 11 is 0. The van der Waals surface area contributed by atoms with Crippen molar-refractivity contribution in [2.45, 2.75) is 37.5 Å². The van der Waals surface area contributed by atoms with Crippen LogP contribution in [-0.4, -0.2) is 57.0 Å². The lowest BCUT2D eigenvalue weighted by Crippen LogP contribution is -2.65. The normalized spacial score (nSPS) is 32.8. The van der Waals surface area contributed by atoms with Gasteiger partial charge in [0.1, 0.15) is 0 Å². The fourth-order valence-electron chi connectivity index (χ4n) is 2.37. The molecule has 1 rings (SSSR count). The maximum atomic E-state index is 5.88. The van der Waals surface area contributed by atoms with Crippen LogP contribution in [0.1, 0.15) is 19.8 Å². The van der Waals surface area contributed by atoms with Crippen molar-refractivity contribution in [3.63, 3.8) is 0 Å². The monoisotopic (exact) mass is 216 g/mol. The first-order valence-electron chi connectivity index (χ1n) is 5.54. The molecule has 1 aliphatic rings. The van der Waals surface area contributed by atoms with Crippen molar-refractivity contribution in [1.82, 2.24) is 4.90 Å². The van der Waals surface area contributed by atoms with Crippen LogP contribution in [0.3, 0.4) is 0 Å². The van der Waals surface area contributed by atoms with Crippen molar-refractivity contribution in [2.24, 2.45) is 5.73 Å². The SMILES string of the molecule is COCC(C)N(C)C1(CN)CC(OC)C1. The van der Waals surface area contributed by atoms with Gasteiger partial charge in [-0.25, -0.2) is 0 Å². The van der Waals surface area contributed by atoms with E-state index in [1.165, 1.54) is 0 Å². The highest BCUT2D eigenvalue weighted by Crippen LogP contribution is 2.38. The van der Waals surface area contributed by atoms with Gasteiger partial charge < -0.3 is 15.2 Å². The van der Waals surface area contributed by atoms with E-state index in [-0.39, 0.29) is 5.54 Å². The molecule has 0 aliphatic heterocycles. The molecule has 90 valence electrons. The van der Waals surface area contributed by atoms with Crippen LogP contribution >= 0.6 is 0 Å².